The largest absolute Gasteiger partial charge is 0.356 e. The molecule has 0 aliphatic heterocycles. The summed E-state index contributed by atoms with van der Waals surface area (Å²) in [5.41, 5.74) is 2.15. The molecule has 9 heteroatoms. The molecule has 156 valence electrons. The molecule has 0 spiro atoms. The number of benzene rings is 1. The summed E-state index contributed by atoms with van der Waals surface area (Å²) in [5.74, 6) is 3.68. The minimum absolute atomic E-state index is 0. The van der Waals surface area contributed by atoms with Crippen molar-refractivity contribution in [3.8, 4) is 0 Å². The molecule has 0 amide bonds. The number of rotatable bonds is 8. The number of para-hydroxylation sites is 1. The Kier molecular flexibility index (Phi) is 9.65. The summed E-state index contributed by atoms with van der Waals surface area (Å²) in [5, 5.41) is 16.3. The number of nitrogens with zero attached hydrogens (tertiary/aromatic N) is 5. The van der Waals surface area contributed by atoms with Crippen LogP contribution < -0.4 is 10.6 Å². The van der Waals surface area contributed by atoms with E-state index >= 15 is 0 Å². The fourth-order valence-corrected chi connectivity index (χ4v) is 3.26. The summed E-state index contributed by atoms with van der Waals surface area (Å²) >= 11 is 1.85. The summed E-state index contributed by atoms with van der Waals surface area (Å²) in [6.45, 7) is 3.98. The standard InChI is InChI=1S/C20H27N7S.HI/c1-15-25-26-19(27(15)2)14-24-20(22-10-6-12-28-3)23-13-16-9-11-21-18-8-5-4-7-17(16)18;/h4-5,7-9,11H,6,10,12-14H2,1-3H3,(H2,22,23,24);1H. The minimum atomic E-state index is 0. The lowest BCUT2D eigenvalue weighted by atomic mass is 10.1. The Morgan fingerprint density at radius 2 is 2.00 bits per heavy atom. The molecule has 0 atom stereocenters. The fraction of sp³-hybridized carbons (Fsp3) is 0.400. The SMILES string of the molecule is CSCCCNC(=NCc1ccnc2ccccc12)NCc1nnc(C)n1C.I. The average molecular weight is 525 g/mol. The van der Waals surface area contributed by atoms with Gasteiger partial charge >= 0.3 is 0 Å². The van der Waals surface area contributed by atoms with Crippen molar-refractivity contribution in [1.82, 2.24) is 30.4 Å². The predicted molar refractivity (Wildman–Crippen MR) is 132 cm³/mol. The maximum atomic E-state index is 4.80. The Hall–Kier alpha value is -1.88. The van der Waals surface area contributed by atoms with Crippen molar-refractivity contribution >= 4 is 52.6 Å². The molecule has 0 aliphatic carbocycles. The second-order valence-corrected chi connectivity index (χ2v) is 7.49. The zero-order valence-electron chi connectivity index (χ0n) is 17.1. The highest BCUT2D eigenvalue weighted by Crippen LogP contribution is 2.16. The van der Waals surface area contributed by atoms with Gasteiger partial charge in [0.15, 0.2) is 11.8 Å². The first-order chi connectivity index (χ1) is 13.7. The van der Waals surface area contributed by atoms with E-state index in [0.717, 1.165) is 52.8 Å². The van der Waals surface area contributed by atoms with Crippen molar-refractivity contribution < 1.29 is 0 Å². The van der Waals surface area contributed by atoms with Gasteiger partial charge in [0.25, 0.3) is 0 Å². The van der Waals surface area contributed by atoms with Gasteiger partial charge in [-0.3, -0.25) is 4.98 Å². The van der Waals surface area contributed by atoms with E-state index in [4.69, 9.17) is 4.99 Å². The number of aromatic nitrogens is 4. The first-order valence-corrected chi connectivity index (χ1v) is 10.8. The van der Waals surface area contributed by atoms with E-state index in [2.05, 4.69) is 38.1 Å². The number of halogens is 1. The average Bonchev–Trinajstić information content (AvgIpc) is 3.04. The van der Waals surface area contributed by atoms with Gasteiger partial charge in [-0.15, -0.1) is 34.2 Å². The first-order valence-electron chi connectivity index (χ1n) is 9.37. The van der Waals surface area contributed by atoms with E-state index < -0.39 is 0 Å². The molecule has 0 unspecified atom stereocenters. The number of pyridine rings is 1. The minimum Gasteiger partial charge on any atom is -0.356 e. The van der Waals surface area contributed by atoms with Crippen LogP contribution in [0, 0.1) is 6.92 Å². The molecule has 2 heterocycles. The lowest BCUT2D eigenvalue weighted by Crippen LogP contribution is -2.38. The Balaban J connectivity index is 0.00000300. The molecule has 0 radical (unpaired) electrons. The number of aryl methyl sites for hydroxylation is 1. The molecule has 2 N–H and O–H groups in total. The summed E-state index contributed by atoms with van der Waals surface area (Å²) in [6.07, 6.45) is 5.05. The smallest absolute Gasteiger partial charge is 0.191 e. The van der Waals surface area contributed by atoms with E-state index in [0.29, 0.717) is 13.1 Å². The fourth-order valence-electron chi connectivity index (χ4n) is 2.82. The lowest BCUT2D eigenvalue weighted by molar-refractivity contribution is 0.711. The molecule has 1 aromatic carbocycles. The van der Waals surface area contributed by atoms with Crippen LogP contribution >= 0.6 is 35.7 Å². The maximum absolute atomic E-state index is 4.80. The highest BCUT2D eigenvalue weighted by Gasteiger charge is 2.07. The van der Waals surface area contributed by atoms with Gasteiger partial charge in [-0.2, -0.15) is 11.8 Å². The molecule has 3 rings (SSSR count). The molecule has 0 saturated heterocycles. The van der Waals surface area contributed by atoms with Gasteiger partial charge in [-0.1, -0.05) is 18.2 Å². The van der Waals surface area contributed by atoms with E-state index in [1.54, 1.807) is 0 Å². The molecule has 0 aliphatic rings. The normalized spacial score (nSPS) is 11.3. The Morgan fingerprint density at radius 3 is 2.76 bits per heavy atom. The van der Waals surface area contributed by atoms with Crippen LogP contribution in [0.5, 0.6) is 0 Å². The first kappa shape index (κ1) is 23.4. The number of hydrogen-bond acceptors (Lipinski definition) is 5. The molecule has 2 aromatic heterocycles. The van der Waals surface area contributed by atoms with Crippen LogP contribution in [0.25, 0.3) is 10.9 Å². The van der Waals surface area contributed by atoms with Crippen LogP contribution in [-0.2, 0) is 20.1 Å². The summed E-state index contributed by atoms with van der Waals surface area (Å²) in [7, 11) is 1.97. The maximum Gasteiger partial charge on any atom is 0.191 e. The highest BCUT2D eigenvalue weighted by molar-refractivity contribution is 14.0. The van der Waals surface area contributed by atoms with E-state index in [9.17, 15) is 0 Å². The van der Waals surface area contributed by atoms with Gasteiger partial charge < -0.3 is 15.2 Å². The Labute approximate surface area is 193 Å². The van der Waals surface area contributed by atoms with Gasteiger partial charge in [0.05, 0.1) is 18.6 Å². The van der Waals surface area contributed by atoms with Crippen LogP contribution in [0.1, 0.15) is 23.6 Å². The van der Waals surface area contributed by atoms with Gasteiger partial charge in [-0.25, -0.2) is 4.99 Å². The predicted octanol–water partition coefficient (Wildman–Crippen LogP) is 3.28. The van der Waals surface area contributed by atoms with Gasteiger partial charge in [0, 0.05) is 25.2 Å². The zero-order valence-corrected chi connectivity index (χ0v) is 20.2. The molecule has 0 bridgehead atoms. The molecular weight excluding hydrogens is 497 g/mol. The van der Waals surface area contributed by atoms with Gasteiger partial charge in [-0.05, 0) is 43.0 Å². The summed E-state index contributed by atoms with van der Waals surface area (Å²) in [6, 6.07) is 10.2. The molecule has 29 heavy (non-hydrogen) atoms. The number of fused-ring (bicyclic) bond motifs is 1. The van der Waals surface area contributed by atoms with Crippen LogP contribution in [-0.4, -0.2) is 44.3 Å². The molecule has 0 saturated carbocycles. The van der Waals surface area contributed by atoms with Crippen LogP contribution in [0.2, 0.25) is 0 Å². The highest BCUT2D eigenvalue weighted by atomic mass is 127. The quantitative estimate of drug-likeness (QED) is 0.204. The summed E-state index contributed by atoms with van der Waals surface area (Å²) < 4.78 is 1.98. The van der Waals surface area contributed by atoms with E-state index in [1.165, 1.54) is 0 Å². The van der Waals surface area contributed by atoms with Crippen LogP contribution in [0.3, 0.4) is 0 Å². The summed E-state index contributed by atoms with van der Waals surface area (Å²) in [4.78, 5) is 9.22. The number of nitrogens with one attached hydrogen (secondary N) is 2. The Bertz CT molecular complexity index is 936. The third-order valence-corrected chi connectivity index (χ3v) is 5.26. The molecule has 3 aromatic rings. The second kappa shape index (κ2) is 12.0. The second-order valence-electron chi connectivity index (χ2n) is 6.50. The van der Waals surface area contributed by atoms with Crippen molar-refractivity contribution in [2.75, 3.05) is 18.6 Å². The van der Waals surface area contributed by atoms with E-state index in [1.807, 2.05) is 60.8 Å². The number of thioether (sulfide) groups is 1. The van der Waals surface area contributed by atoms with Crippen LogP contribution in [0.15, 0.2) is 41.5 Å². The van der Waals surface area contributed by atoms with Gasteiger partial charge in [0.1, 0.15) is 5.82 Å². The number of hydrogen-bond donors (Lipinski definition) is 2. The lowest BCUT2D eigenvalue weighted by Gasteiger charge is -2.13. The van der Waals surface area contributed by atoms with Crippen LogP contribution in [0.4, 0.5) is 0 Å². The third-order valence-electron chi connectivity index (χ3n) is 4.56. The van der Waals surface area contributed by atoms with Crippen molar-refractivity contribution in [2.45, 2.75) is 26.4 Å². The van der Waals surface area contributed by atoms with Crippen molar-refractivity contribution in [3.05, 3.63) is 53.7 Å². The van der Waals surface area contributed by atoms with E-state index in [-0.39, 0.29) is 24.0 Å². The number of aliphatic imine (C=N–C) groups is 1. The monoisotopic (exact) mass is 525 g/mol. The number of guanidine groups is 1. The third kappa shape index (κ3) is 6.56. The van der Waals surface area contributed by atoms with Gasteiger partial charge in [0.2, 0.25) is 0 Å². The van der Waals surface area contributed by atoms with Crippen molar-refractivity contribution in [3.63, 3.8) is 0 Å². The zero-order chi connectivity index (χ0) is 19.8. The molecule has 0 fully saturated rings. The molecule has 7 nitrogen and oxygen atoms in total. The van der Waals surface area contributed by atoms with Crippen molar-refractivity contribution in [2.24, 2.45) is 12.0 Å². The Morgan fingerprint density at radius 1 is 1.17 bits per heavy atom. The van der Waals surface area contributed by atoms with Crippen molar-refractivity contribution in [1.29, 1.82) is 0 Å². The molecular formula is C20H28IN7S. The topological polar surface area (TPSA) is 80.0 Å².